The molecular formula is C18H20Cl2N2O. The first-order valence-electron chi connectivity index (χ1n) is 7.42. The number of carbonyl (C=O) groups excluding carboxylic acids is 1. The van der Waals surface area contributed by atoms with Crippen LogP contribution in [0, 0.1) is 0 Å². The van der Waals surface area contributed by atoms with Gasteiger partial charge in [0.25, 0.3) is 0 Å². The molecule has 0 aromatic heterocycles. The molecule has 122 valence electrons. The third kappa shape index (κ3) is 5.87. The molecule has 1 atom stereocenters. The lowest BCUT2D eigenvalue weighted by Crippen LogP contribution is -2.36. The summed E-state index contributed by atoms with van der Waals surface area (Å²) < 4.78 is 0. The normalized spacial score (nSPS) is 12.2. The number of nitrogens with zero attached hydrogens (tertiary/aromatic N) is 1. The van der Waals surface area contributed by atoms with E-state index in [4.69, 9.17) is 23.2 Å². The molecule has 0 fully saturated rings. The number of benzene rings is 2. The van der Waals surface area contributed by atoms with Crippen LogP contribution in [0.3, 0.4) is 0 Å². The van der Waals surface area contributed by atoms with Crippen LogP contribution in [0.25, 0.3) is 0 Å². The second-order valence-electron chi connectivity index (χ2n) is 5.64. The van der Waals surface area contributed by atoms with E-state index in [9.17, 15) is 4.79 Å². The van der Waals surface area contributed by atoms with Crippen molar-refractivity contribution >= 4 is 29.1 Å². The Morgan fingerprint density at radius 1 is 1.13 bits per heavy atom. The van der Waals surface area contributed by atoms with Gasteiger partial charge in [-0.3, -0.25) is 9.69 Å². The van der Waals surface area contributed by atoms with Gasteiger partial charge in [0.15, 0.2) is 0 Å². The van der Waals surface area contributed by atoms with Gasteiger partial charge in [-0.2, -0.15) is 0 Å². The number of hydrogen-bond donors (Lipinski definition) is 1. The summed E-state index contributed by atoms with van der Waals surface area (Å²) in [7, 11) is 1.91. The van der Waals surface area contributed by atoms with Crippen molar-refractivity contribution in [3.63, 3.8) is 0 Å². The topological polar surface area (TPSA) is 32.3 Å². The van der Waals surface area contributed by atoms with Gasteiger partial charge in [-0.15, -0.1) is 0 Å². The van der Waals surface area contributed by atoms with Gasteiger partial charge in [-0.05, 0) is 49.4 Å². The van der Waals surface area contributed by atoms with E-state index in [1.54, 1.807) is 0 Å². The molecule has 0 aliphatic rings. The summed E-state index contributed by atoms with van der Waals surface area (Å²) in [6.07, 6.45) is 0. The van der Waals surface area contributed by atoms with Crippen LogP contribution < -0.4 is 5.32 Å². The molecule has 1 N–H and O–H groups in total. The largest absolute Gasteiger partial charge is 0.348 e. The molecule has 1 amide bonds. The summed E-state index contributed by atoms with van der Waals surface area (Å²) in [6.45, 7) is 2.95. The zero-order chi connectivity index (χ0) is 16.8. The van der Waals surface area contributed by atoms with Gasteiger partial charge in [-0.25, -0.2) is 0 Å². The van der Waals surface area contributed by atoms with Gasteiger partial charge in [0, 0.05) is 16.6 Å². The van der Waals surface area contributed by atoms with Crippen molar-refractivity contribution < 1.29 is 4.79 Å². The molecule has 0 saturated heterocycles. The highest BCUT2D eigenvalue weighted by Gasteiger charge is 2.12. The van der Waals surface area contributed by atoms with Crippen molar-refractivity contribution in [2.75, 3.05) is 13.6 Å². The van der Waals surface area contributed by atoms with E-state index in [1.165, 1.54) is 0 Å². The average molecular weight is 351 g/mol. The lowest BCUT2D eigenvalue weighted by atomic mass is 10.1. The number of likely N-dealkylation sites (N-methyl/N-ethyl adjacent to an activating group) is 1. The summed E-state index contributed by atoms with van der Waals surface area (Å²) >= 11 is 11.9. The lowest BCUT2D eigenvalue weighted by molar-refractivity contribution is -0.122. The Morgan fingerprint density at radius 2 is 1.83 bits per heavy atom. The zero-order valence-electron chi connectivity index (χ0n) is 13.2. The first-order chi connectivity index (χ1) is 10.9. The predicted molar refractivity (Wildman–Crippen MR) is 95.8 cm³/mol. The van der Waals surface area contributed by atoms with Gasteiger partial charge in [0.05, 0.1) is 12.6 Å². The van der Waals surface area contributed by atoms with Crippen LogP contribution in [0.2, 0.25) is 10.0 Å². The van der Waals surface area contributed by atoms with Gasteiger partial charge >= 0.3 is 0 Å². The summed E-state index contributed by atoms with van der Waals surface area (Å²) in [4.78, 5) is 14.1. The highest BCUT2D eigenvalue weighted by Crippen LogP contribution is 2.16. The summed E-state index contributed by atoms with van der Waals surface area (Å²) in [5.41, 5.74) is 2.11. The third-order valence-electron chi connectivity index (χ3n) is 3.50. The summed E-state index contributed by atoms with van der Waals surface area (Å²) in [6, 6.07) is 15.1. The fraction of sp³-hybridized carbons (Fsp3) is 0.278. The SMILES string of the molecule is CC(NC(=O)CN(C)Cc1cccc(Cl)c1)c1ccc(Cl)cc1. The van der Waals surface area contributed by atoms with E-state index >= 15 is 0 Å². The van der Waals surface area contributed by atoms with Crippen molar-refractivity contribution in [1.29, 1.82) is 0 Å². The molecular weight excluding hydrogens is 331 g/mol. The van der Waals surface area contributed by atoms with Crippen LogP contribution in [0.5, 0.6) is 0 Å². The van der Waals surface area contributed by atoms with E-state index in [-0.39, 0.29) is 11.9 Å². The fourth-order valence-electron chi connectivity index (χ4n) is 2.37. The monoisotopic (exact) mass is 350 g/mol. The Bertz CT molecular complexity index is 658. The van der Waals surface area contributed by atoms with Crippen LogP contribution >= 0.6 is 23.2 Å². The van der Waals surface area contributed by atoms with E-state index in [0.29, 0.717) is 23.1 Å². The predicted octanol–water partition coefficient (Wildman–Crippen LogP) is 4.30. The minimum atomic E-state index is -0.0562. The second-order valence-corrected chi connectivity index (χ2v) is 6.52. The molecule has 0 saturated carbocycles. The highest BCUT2D eigenvalue weighted by molar-refractivity contribution is 6.30. The Hall–Kier alpha value is -1.55. The van der Waals surface area contributed by atoms with Crippen LogP contribution in [-0.4, -0.2) is 24.4 Å². The van der Waals surface area contributed by atoms with Crippen molar-refractivity contribution in [2.45, 2.75) is 19.5 Å². The Morgan fingerprint density at radius 3 is 2.48 bits per heavy atom. The van der Waals surface area contributed by atoms with Crippen molar-refractivity contribution in [1.82, 2.24) is 10.2 Å². The number of nitrogens with one attached hydrogen (secondary N) is 1. The minimum Gasteiger partial charge on any atom is -0.348 e. The molecule has 2 aromatic rings. The molecule has 0 radical (unpaired) electrons. The quantitative estimate of drug-likeness (QED) is 0.842. The molecule has 2 rings (SSSR count). The minimum absolute atomic E-state index is 0.0167. The first-order valence-corrected chi connectivity index (χ1v) is 8.17. The molecule has 0 aliphatic heterocycles. The second kappa shape index (κ2) is 8.34. The van der Waals surface area contributed by atoms with Gasteiger partial charge in [-0.1, -0.05) is 47.5 Å². The summed E-state index contributed by atoms with van der Waals surface area (Å²) in [5, 5.41) is 4.39. The number of hydrogen-bond acceptors (Lipinski definition) is 2. The van der Waals surface area contributed by atoms with Crippen LogP contribution in [0.15, 0.2) is 48.5 Å². The molecule has 5 heteroatoms. The number of halogens is 2. The first kappa shape index (κ1) is 17.8. The van der Waals surface area contributed by atoms with Gasteiger partial charge < -0.3 is 5.32 Å². The molecule has 2 aromatic carbocycles. The van der Waals surface area contributed by atoms with E-state index in [0.717, 1.165) is 11.1 Å². The maximum atomic E-state index is 12.2. The zero-order valence-corrected chi connectivity index (χ0v) is 14.7. The van der Waals surface area contributed by atoms with Crippen LogP contribution in [-0.2, 0) is 11.3 Å². The lowest BCUT2D eigenvalue weighted by Gasteiger charge is -2.19. The average Bonchev–Trinajstić information content (AvgIpc) is 2.47. The Labute approximate surface area is 147 Å². The van der Waals surface area contributed by atoms with Crippen molar-refractivity contribution in [3.8, 4) is 0 Å². The van der Waals surface area contributed by atoms with E-state index in [2.05, 4.69) is 5.32 Å². The van der Waals surface area contributed by atoms with Crippen LogP contribution in [0.4, 0.5) is 0 Å². The standard InChI is InChI=1S/C18H20Cl2N2O/c1-13(15-6-8-16(19)9-7-15)21-18(23)12-22(2)11-14-4-3-5-17(20)10-14/h3-10,13H,11-12H2,1-2H3,(H,21,23). The Kier molecular flexibility index (Phi) is 6.46. The molecule has 0 aliphatic carbocycles. The summed E-state index contributed by atoms with van der Waals surface area (Å²) in [5.74, 6) is -0.0167. The molecule has 23 heavy (non-hydrogen) atoms. The van der Waals surface area contributed by atoms with Gasteiger partial charge in [0.1, 0.15) is 0 Å². The molecule has 1 unspecified atom stereocenters. The van der Waals surface area contributed by atoms with Crippen molar-refractivity contribution in [3.05, 3.63) is 69.7 Å². The fourth-order valence-corrected chi connectivity index (χ4v) is 2.71. The molecule has 3 nitrogen and oxygen atoms in total. The number of rotatable bonds is 6. The maximum Gasteiger partial charge on any atom is 0.234 e. The maximum absolute atomic E-state index is 12.2. The van der Waals surface area contributed by atoms with Crippen LogP contribution in [0.1, 0.15) is 24.1 Å². The highest BCUT2D eigenvalue weighted by atomic mass is 35.5. The Balaban J connectivity index is 1.85. The van der Waals surface area contributed by atoms with Gasteiger partial charge in [0.2, 0.25) is 5.91 Å². The molecule has 0 bridgehead atoms. The number of carbonyl (C=O) groups is 1. The number of amides is 1. The molecule has 0 spiro atoms. The smallest absolute Gasteiger partial charge is 0.234 e. The van der Waals surface area contributed by atoms with E-state index in [1.807, 2.05) is 67.4 Å². The third-order valence-corrected chi connectivity index (χ3v) is 3.99. The van der Waals surface area contributed by atoms with E-state index < -0.39 is 0 Å². The molecule has 0 heterocycles. The van der Waals surface area contributed by atoms with Crippen molar-refractivity contribution in [2.24, 2.45) is 0 Å².